The molecule has 0 aliphatic carbocycles. The number of rotatable bonds is 5. The zero-order valence-electron chi connectivity index (χ0n) is 17.9. The van der Waals surface area contributed by atoms with Crippen LogP contribution in [0.5, 0.6) is 0 Å². The van der Waals surface area contributed by atoms with Crippen LogP contribution in [0.25, 0.3) is 6.08 Å². The Morgan fingerprint density at radius 3 is 2.30 bits per heavy atom. The van der Waals surface area contributed by atoms with Gasteiger partial charge in [-0.15, -0.1) is 0 Å². The molecule has 8 heteroatoms. The molecule has 0 spiro atoms. The summed E-state index contributed by atoms with van der Waals surface area (Å²) in [6, 6.07) is 20.8. The number of hydrogen-bond donors (Lipinski definition) is 2. The van der Waals surface area contributed by atoms with Crippen LogP contribution in [0.2, 0.25) is 0 Å². The fourth-order valence-electron chi connectivity index (χ4n) is 3.53. The Balaban J connectivity index is 1.24. The predicted octanol–water partition coefficient (Wildman–Crippen LogP) is 3.77. The minimum absolute atomic E-state index is 0.0756. The maximum absolute atomic E-state index is 12.4. The molecule has 2 aromatic carbocycles. The van der Waals surface area contributed by atoms with Crippen molar-refractivity contribution in [1.29, 1.82) is 0 Å². The number of amides is 2. The summed E-state index contributed by atoms with van der Waals surface area (Å²) in [6.45, 7) is 2.74. The first-order valence-electron chi connectivity index (χ1n) is 10.6. The molecule has 0 atom stereocenters. The van der Waals surface area contributed by atoms with E-state index >= 15 is 0 Å². The van der Waals surface area contributed by atoms with E-state index < -0.39 is 0 Å². The molecule has 7 nitrogen and oxygen atoms in total. The van der Waals surface area contributed by atoms with Crippen molar-refractivity contribution < 1.29 is 14.0 Å². The van der Waals surface area contributed by atoms with Crippen molar-refractivity contribution in [3.05, 3.63) is 90.4 Å². The quantitative estimate of drug-likeness (QED) is 0.446. The van der Waals surface area contributed by atoms with Crippen molar-refractivity contribution in [2.45, 2.75) is 0 Å². The zero-order chi connectivity index (χ0) is 23.0. The van der Waals surface area contributed by atoms with E-state index in [-0.39, 0.29) is 16.9 Å². The topological polar surface area (TPSA) is 77.8 Å². The summed E-state index contributed by atoms with van der Waals surface area (Å²) in [6.07, 6.45) is 4.69. The minimum Gasteiger partial charge on any atom is -0.459 e. The molecule has 0 saturated carbocycles. The molecule has 33 heavy (non-hydrogen) atoms. The van der Waals surface area contributed by atoms with Gasteiger partial charge in [-0.3, -0.25) is 14.9 Å². The number of hydrogen-bond acceptors (Lipinski definition) is 5. The van der Waals surface area contributed by atoms with E-state index in [1.807, 2.05) is 54.6 Å². The normalized spacial score (nSPS) is 13.7. The van der Waals surface area contributed by atoms with E-state index in [4.69, 9.17) is 16.6 Å². The first-order chi connectivity index (χ1) is 16.1. The SMILES string of the molecule is O=C(/C=C/c1ccccc1)NC(=S)Nc1ccc(N2CCN(C(=O)c3ccco3)CC2)cc1. The number of nitrogens with zero attached hydrogens (tertiary/aromatic N) is 2. The predicted molar refractivity (Wildman–Crippen MR) is 133 cm³/mol. The summed E-state index contributed by atoms with van der Waals surface area (Å²) in [7, 11) is 0. The number of anilines is 2. The summed E-state index contributed by atoms with van der Waals surface area (Å²) >= 11 is 5.24. The van der Waals surface area contributed by atoms with Crippen molar-refractivity contribution in [2.24, 2.45) is 0 Å². The number of benzene rings is 2. The molecule has 2 heterocycles. The molecule has 1 saturated heterocycles. The van der Waals surface area contributed by atoms with E-state index in [1.165, 1.54) is 12.3 Å². The van der Waals surface area contributed by atoms with Crippen molar-refractivity contribution in [1.82, 2.24) is 10.2 Å². The Morgan fingerprint density at radius 1 is 0.909 bits per heavy atom. The number of nitrogens with one attached hydrogen (secondary N) is 2. The molecule has 1 aromatic heterocycles. The van der Waals surface area contributed by atoms with Gasteiger partial charge >= 0.3 is 0 Å². The molecule has 3 aromatic rings. The highest BCUT2D eigenvalue weighted by Crippen LogP contribution is 2.20. The van der Waals surface area contributed by atoms with Gasteiger partial charge < -0.3 is 19.5 Å². The molecule has 0 radical (unpaired) electrons. The number of carbonyl (C=O) groups excluding carboxylic acids is 2. The van der Waals surface area contributed by atoms with Crippen LogP contribution < -0.4 is 15.5 Å². The smallest absolute Gasteiger partial charge is 0.289 e. The largest absolute Gasteiger partial charge is 0.459 e. The van der Waals surface area contributed by atoms with E-state index in [2.05, 4.69) is 15.5 Å². The fraction of sp³-hybridized carbons (Fsp3) is 0.160. The lowest BCUT2D eigenvalue weighted by Crippen LogP contribution is -2.48. The zero-order valence-corrected chi connectivity index (χ0v) is 18.8. The summed E-state index contributed by atoms with van der Waals surface area (Å²) in [4.78, 5) is 28.5. The number of piperazine rings is 1. The summed E-state index contributed by atoms with van der Waals surface area (Å²) in [5, 5.41) is 5.90. The van der Waals surface area contributed by atoms with Crippen molar-refractivity contribution in [3.63, 3.8) is 0 Å². The molecule has 1 aliphatic rings. The first-order valence-corrected chi connectivity index (χ1v) is 11.0. The molecule has 168 valence electrons. The number of carbonyl (C=O) groups is 2. The summed E-state index contributed by atoms with van der Waals surface area (Å²) < 4.78 is 5.21. The van der Waals surface area contributed by atoms with E-state index in [1.54, 1.807) is 23.1 Å². The number of furan rings is 1. The van der Waals surface area contributed by atoms with Crippen LogP contribution in [0.4, 0.5) is 11.4 Å². The second kappa shape index (κ2) is 10.6. The molecular formula is C25H24N4O3S. The van der Waals surface area contributed by atoms with E-state index in [0.717, 1.165) is 30.0 Å². The van der Waals surface area contributed by atoms with Gasteiger partial charge in [0, 0.05) is 43.6 Å². The lowest BCUT2D eigenvalue weighted by Gasteiger charge is -2.35. The third kappa shape index (κ3) is 6.08. The van der Waals surface area contributed by atoms with Crippen LogP contribution in [0.1, 0.15) is 16.1 Å². The van der Waals surface area contributed by atoms with Gasteiger partial charge in [-0.2, -0.15) is 0 Å². The van der Waals surface area contributed by atoms with Crippen LogP contribution in [-0.4, -0.2) is 48.0 Å². The Morgan fingerprint density at radius 2 is 1.64 bits per heavy atom. The average Bonchev–Trinajstić information content (AvgIpc) is 3.39. The Kier molecular flexibility index (Phi) is 7.16. The first kappa shape index (κ1) is 22.3. The monoisotopic (exact) mass is 460 g/mol. The maximum Gasteiger partial charge on any atom is 0.289 e. The van der Waals surface area contributed by atoms with Crippen LogP contribution >= 0.6 is 12.2 Å². The standard InChI is InChI=1S/C25H24N4O3S/c30-23(13-8-19-5-2-1-3-6-19)27-25(33)26-20-9-11-21(12-10-20)28-14-16-29(17-15-28)24(31)22-7-4-18-32-22/h1-13,18H,14-17H2,(H2,26,27,30,33)/b13-8+. The van der Waals surface area contributed by atoms with Crippen LogP contribution in [0.15, 0.2) is 83.5 Å². The maximum atomic E-state index is 12.4. The van der Waals surface area contributed by atoms with Crippen molar-refractivity contribution in [3.8, 4) is 0 Å². The third-order valence-electron chi connectivity index (χ3n) is 5.25. The fourth-order valence-corrected chi connectivity index (χ4v) is 3.75. The Labute approximate surface area is 197 Å². The van der Waals surface area contributed by atoms with Gasteiger partial charge in [0.15, 0.2) is 10.9 Å². The van der Waals surface area contributed by atoms with Gasteiger partial charge in [0.05, 0.1) is 6.26 Å². The van der Waals surface area contributed by atoms with Crippen molar-refractivity contribution >= 4 is 46.6 Å². The molecule has 1 aliphatic heterocycles. The second-order valence-electron chi connectivity index (χ2n) is 7.49. The Bertz CT molecular complexity index is 1120. The third-order valence-corrected chi connectivity index (χ3v) is 5.46. The molecule has 2 amide bonds. The molecule has 0 bridgehead atoms. The van der Waals surface area contributed by atoms with Gasteiger partial charge in [0.2, 0.25) is 5.91 Å². The lowest BCUT2D eigenvalue weighted by atomic mass is 10.2. The van der Waals surface area contributed by atoms with Gasteiger partial charge in [0.25, 0.3) is 5.91 Å². The van der Waals surface area contributed by atoms with Gasteiger partial charge in [-0.25, -0.2) is 0 Å². The average molecular weight is 461 g/mol. The number of thiocarbonyl (C=S) groups is 1. The minimum atomic E-state index is -0.296. The van der Waals surface area contributed by atoms with Crippen LogP contribution in [0, 0.1) is 0 Å². The molecule has 0 unspecified atom stereocenters. The Hall–Kier alpha value is -3.91. The molecule has 2 N–H and O–H groups in total. The molecule has 4 rings (SSSR count). The van der Waals surface area contributed by atoms with Gasteiger partial charge in [0.1, 0.15) is 0 Å². The van der Waals surface area contributed by atoms with E-state index in [0.29, 0.717) is 18.8 Å². The second-order valence-corrected chi connectivity index (χ2v) is 7.90. The van der Waals surface area contributed by atoms with Crippen molar-refractivity contribution in [2.75, 3.05) is 36.4 Å². The highest BCUT2D eigenvalue weighted by Gasteiger charge is 2.23. The highest BCUT2D eigenvalue weighted by atomic mass is 32.1. The van der Waals surface area contributed by atoms with Crippen LogP contribution in [-0.2, 0) is 4.79 Å². The molecule has 1 fully saturated rings. The lowest BCUT2D eigenvalue weighted by molar-refractivity contribution is -0.115. The van der Waals surface area contributed by atoms with Gasteiger partial charge in [-0.05, 0) is 60.3 Å². The van der Waals surface area contributed by atoms with Crippen LogP contribution in [0.3, 0.4) is 0 Å². The summed E-state index contributed by atoms with van der Waals surface area (Å²) in [5.74, 6) is 0.000745. The summed E-state index contributed by atoms with van der Waals surface area (Å²) in [5.41, 5.74) is 2.78. The van der Waals surface area contributed by atoms with Gasteiger partial charge in [-0.1, -0.05) is 30.3 Å². The highest BCUT2D eigenvalue weighted by molar-refractivity contribution is 7.80. The molecular weight excluding hydrogens is 436 g/mol. The van der Waals surface area contributed by atoms with E-state index in [9.17, 15) is 9.59 Å².